The Labute approximate surface area is 160 Å². The van der Waals surface area contributed by atoms with Gasteiger partial charge < -0.3 is 9.47 Å². The van der Waals surface area contributed by atoms with Crippen molar-refractivity contribution in [3.63, 3.8) is 0 Å². The van der Waals surface area contributed by atoms with Crippen molar-refractivity contribution in [1.29, 1.82) is 0 Å². The highest BCUT2D eigenvalue weighted by Gasteiger charge is 2.33. The number of pyridine rings is 2. The van der Waals surface area contributed by atoms with Crippen LogP contribution in [0.2, 0.25) is 0 Å². The minimum Gasteiger partial charge on any atom is -0.356 e. The zero-order valence-electron chi connectivity index (χ0n) is 15.2. The standard InChI is InChI=1S/C20H20F3N5/c21-20(22,23)17-4-1-5-18(26-17)27-11-2-3-16(14-27)19-25-10-12-28(19)13-15-6-8-24-9-7-15/h1,4-10,12,16H,2-3,11,13-14H2/t16-/m1/s1. The number of aromatic nitrogens is 4. The Balaban J connectivity index is 1.53. The quantitative estimate of drug-likeness (QED) is 0.676. The maximum Gasteiger partial charge on any atom is 0.433 e. The van der Waals surface area contributed by atoms with Gasteiger partial charge in [-0.2, -0.15) is 13.2 Å². The lowest BCUT2D eigenvalue weighted by atomic mass is 9.97. The second kappa shape index (κ2) is 7.61. The largest absolute Gasteiger partial charge is 0.433 e. The van der Waals surface area contributed by atoms with Gasteiger partial charge in [-0.3, -0.25) is 4.98 Å². The molecule has 0 radical (unpaired) electrons. The number of hydrogen-bond donors (Lipinski definition) is 0. The zero-order chi connectivity index (χ0) is 19.6. The Kier molecular flexibility index (Phi) is 5.02. The Hall–Kier alpha value is -2.90. The minimum absolute atomic E-state index is 0.141. The van der Waals surface area contributed by atoms with E-state index in [0.717, 1.165) is 30.3 Å². The summed E-state index contributed by atoms with van der Waals surface area (Å²) in [5.74, 6) is 1.46. The van der Waals surface area contributed by atoms with Gasteiger partial charge in [0.05, 0.1) is 0 Å². The maximum absolute atomic E-state index is 13.0. The Bertz CT molecular complexity index is 923. The molecule has 28 heavy (non-hydrogen) atoms. The third-order valence-corrected chi connectivity index (χ3v) is 4.99. The van der Waals surface area contributed by atoms with E-state index < -0.39 is 11.9 Å². The molecule has 8 heteroatoms. The summed E-state index contributed by atoms with van der Waals surface area (Å²) in [5, 5.41) is 0. The molecule has 0 saturated carbocycles. The smallest absolute Gasteiger partial charge is 0.356 e. The predicted molar refractivity (Wildman–Crippen MR) is 99.0 cm³/mol. The van der Waals surface area contributed by atoms with E-state index in [1.807, 2.05) is 23.2 Å². The van der Waals surface area contributed by atoms with Crippen molar-refractivity contribution in [2.45, 2.75) is 31.5 Å². The van der Waals surface area contributed by atoms with E-state index in [0.29, 0.717) is 25.5 Å². The highest BCUT2D eigenvalue weighted by Crippen LogP contribution is 2.32. The van der Waals surface area contributed by atoms with Crippen LogP contribution in [0.4, 0.5) is 19.0 Å². The Morgan fingerprint density at radius 1 is 1.07 bits per heavy atom. The summed E-state index contributed by atoms with van der Waals surface area (Å²) in [7, 11) is 0. The normalized spacial score (nSPS) is 17.7. The second-order valence-corrected chi connectivity index (χ2v) is 6.93. The van der Waals surface area contributed by atoms with Gasteiger partial charge in [-0.15, -0.1) is 0 Å². The highest BCUT2D eigenvalue weighted by molar-refractivity contribution is 5.41. The first kappa shape index (κ1) is 18.5. The molecule has 0 aliphatic carbocycles. The van der Waals surface area contributed by atoms with Crippen molar-refractivity contribution >= 4 is 5.82 Å². The number of halogens is 3. The molecule has 0 unspecified atom stereocenters. The number of hydrogen-bond acceptors (Lipinski definition) is 4. The van der Waals surface area contributed by atoms with E-state index in [1.165, 1.54) is 6.07 Å². The third kappa shape index (κ3) is 4.00. The first-order chi connectivity index (χ1) is 13.5. The summed E-state index contributed by atoms with van der Waals surface area (Å²) in [6.45, 7) is 1.98. The van der Waals surface area contributed by atoms with E-state index in [1.54, 1.807) is 24.7 Å². The van der Waals surface area contributed by atoms with Crippen molar-refractivity contribution < 1.29 is 13.2 Å². The fourth-order valence-electron chi connectivity index (χ4n) is 3.65. The van der Waals surface area contributed by atoms with E-state index in [4.69, 9.17) is 0 Å². The molecular weight excluding hydrogens is 367 g/mol. The second-order valence-electron chi connectivity index (χ2n) is 6.93. The third-order valence-electron chi connectivity index (χ3n) is 4.99. The van der Waals surface area contributed by atoms with Gasteiger partial charge in [-0.1, -0.05) is 6.07 Å². The van der Waals surface area contributed by atoms with Crippen LogP contribution in [-0.4, -0.2) is 32.6 Å². The Morgan fingerprint density at radius 2 is 1.89 bits per heavy atom. The predicted octanol–water partition coefficient (Wildman–Crippen LogP) is 4.12. The van der Waals surface area contributed by atoms with Crippen LogP contribution in [0.25, 0.3) is 0 Å². The summed E-state index contributed by atoms with van der Waals surface area (Å²) in [6.07, 6.45) is 4.62. The molecule has 0 amide bonds. The molecule has 5 nitrogen and oxygen atoms in total. The van der Waals surface area contributed by atoms with Crippen LogP contribution in [0, 0.1) is 0 Å². The van der Waals surface area contributed by atoms with Crippen LogP contribution in [0.3, 0.4) is 0 Å². The van der Waals surface area contributed by atoms with Crippen molar-refractivity contribution in [1.82, 2.24) is 19.5 Å². The molecule has 1 aliphatic heterocycles. The van der Waals surface area contributed by atoms with Crippen molar-refractivity contribution in [3.05, 3.63) is 72.2 Å². The molecule has 4 heterocycles. The molecule has 0 spiro atoms. The molecular formula is C20H20F3N5. The lowest BCUT2D eigenvalue weighted by molar-refractivity contribution is -0.141. The molecule has 3 aromatic heterocycles. The number of alkyl halides is 3. The van der Waals surface area contributed by atoms with Crippen LogP contribution in [0.5, 0.6) is 0 Å². The molecule has 1 atom stereocenters. The maximum atomic E-state index is 13.0. The fraction of sp³-hybridized carbons (Fsp3) is 0.350. The molecule has 1 aliphatic rings. The average molecular weight is 387 g/mol. The van der Waals surface area contributed by atoms with Gasteiger partial charge in [-0.25, -0.2) is 9.97 Å². The molecule has 1 saturated heterocycles. The lowest BCUT2D eigenvalue weighted by Crippen LogP contribution is -2.36. The number of nitrogens with zero attached hydrogens (tertiary/aromatic N) is 5. The van der Waals surface area contributed by atoms with Gasteiger partial charge in [0.15, 0.2) is 0 Å². The van der Waals surface area contributed by atoms with Crippen LogP contribution >= 0.6 is 0 Å². The van der Waals surface area contributed by atoms with Crippen LogP contribution in [0.1, 0.15) is 35.8 Å². The molecule has 0 aromatic carbocycles. The topological polar surface area (TPSA) is 46.8 Å². The van der Waals surface area contributed by atoms with Crippen molar-refractivity contribution in [2.75, 3.05) is 18.0 Å². The number of rotatable bonds is 4. The zero-order valence-corrected chi connectivity index (χ0v) is 15.2. The number of imidazole rings is 1. The monoisotopic (exact) mass is 387 g/mol. The van der Waals surface area contributed by atoms with Gasteiger partial charge >= 0.3 is 6.18 Å². The van der Waals surface area contributed by atoms with Crippen molar-refractivity contribution in [3.8, 4) is 0 Å². The molecule has 0 N–H and O–H groups in total. The van der Waals surface area contributed by atoms with Crippen LogP contribution in [0.15, 0.2) is 55.1 Å². The van der Waals surface area contributed by atoms with Crippen LogP contribution in [-0.2, 0) is 12.7 Å². The fourth-order valence-corrected chi connectivity index (χ4v) is 3.65. The average Bonchev–Trinajstić information content (AvgIpc) is 3.16. The van der Waals surface area contributed by atoms with Gasteiger partial charge in [-0.05, 0) is 42.7 Å². The van der Waals surface area contributed by atoms with E-state index >= 15 is 0 Å². The van der Waals surface area contributed by atoms with Gasteiger partial charge in [0.2, 0.25) is 0 Å². The summed E-state index contributed by atoms with van der Waals surface area (Å²) in [4.78, 5) is 14.3. The van der Waals surface area contributed by atoms with E-state index in [9.17, 15) is 13.2 Å². The first-order valence-corrected chi connectivity index (χ1v) is 9.20. The van der Waals surface area contributed by atoms with E-state index in [2.05, 4.69) is 19.5 Å². The number of piperidine rings is 1. The number of anilines is 1. The molecule has 3 aromatic rings. The lowest BCUT2D eigenvalue weighted by Gasteiger charge is -2.33. The summed E-state index contributed by atoms with van der Waals surface area (Å²) in [5.41, 5.74) is 0.271. The first-order valence-electron chi connectivity index (χ1n) is 9.20. The molecule has 1 fully saturated rings. The van der Waals surface area contributed by atoms with Gasteiger partial charge in [0.25, 0.3) is 0 Å². The SMILES string of the molecule is FC(F)(F)c1cccc(N2CCC[C@@H](c3nccn3Cc3ccncc3)C2)n1. The van der Waals surface area contributed by atoms with Crippen molar-refractivity contribution in [2.24, 2.45) is 0 Å². The molecule has 0 bridgehead atoms. The van der Waals surface area contributed by atoms with Gasteiger partial charge in [0, 0.05) is 50.3 Å². The molecule has 4 rings (SSSR count). The molecule has 146 valence electrons. The van der Waals surface area contributed by atoms with E-state index in [-0.39, 0.29) is 5.92 Å². The Morgan fingerprint density at radius 3 is 2.68 bits per heavy atom. The summed E-state index contributed by atoms with van der Waals surface area (Å²) < 4.78 is 41.1. The van der Waals surface area contributed by atoms with Gasteiger partial charge in [0.1, 0.15) is 17.3 Å². The minimum atomic E-state index is -4.44. The summed E-state index contributed by atoms with van der Waals surface area (Å²) in [6, 6.07) is 7.99. The highest BCUT2D eigenvalue weighted by atomic mass is 19.4. The van der Waals surface area contributed by atoms with Crippen LogP contribution < -0.4 is 4.90 Å². The summed E-state index contributed by atoms with van der Waals surface area (Å²) >= 11 is 0.